The van der Waals surface area contributed by atoms with Gasteiger partial charge in [-0.2, -0.15) is 11.8 Å². The number of hydrogen-bond acceptors (Lipinski definition) is 3. The summed E-state index contributed by atoms with van der Waals surface area (Å²) in [6, 6.07) is 10.4. The van der Waals surface area contributed by atoms with Crippen LogP contribution >= 0.6 is 11.8 Å². The van der Waals surface area contributed by atoms with Gasteiger partial charge in [-0.3, -0.25) is 0 Å². The molecule has 1 aromatic heterocycles. The topological polar surface area (TPSA) is 43.8 Å². The third kappa shape index (κ3) is 2.25. The highest BCUT2D eigenvalue weighted by molar-refractivity contribution is 7.99. The third-order valence-corrected chi connectivity index (χ3v) is 4.58. The maximum atomic E-state index is 6.22. The number of nitrogens with two attached hydrogens (primary N) is 1. The molecular weight excluding hydrogens is 242 g/mol. The van der Waals surface area contributed by atoms with Gasteiger partial charge >= 0.3 is 0 Å². The van der Waals surface area contributed by atoms with Gasteiger partial charge in [-0.15, -0.1) is 0 Å². The van der Waals surface area contributed by atoms with E-state index in [1.54, 1.807) is 0 Å². The smallest absolute Gasteiger partial charge is 0.127 e. The molecule has 3 nitrogen and oxygen atoms in total. The van der Waals surface area contributed by atoms with E-state index in [-0.39, 0.29) is 0 Å². The molecule has 1 unspecified atom stereocenters. The van der Waals surface area contributed by atoms with Crippen molar-refractivity contribution in [2.75, 3.05) is 17.2 Å². The van der Waals surface area contributed by atoms with Crippen LogP contribution in [0.25, 0.3) is 0 Å². The molecule has 0 aliphatic carbocycles. The molecular formula is C14H17N3S. The van der Waals surface area contributed by atoms with E-state index in [1.807, 2.05) is 28.7 Å². The maximum Gasteiger partial charge on any atom is 0.127 e. The van der Waals surface area contributed by atoms with Crippen LogP contribution in [0, 0.1) is 0 Å². The summed E-state index contributed by atoms with van der Waals surface area (Å²) in [7, 11) is 0. The molecule has 4 heteroatoms. The lowest BCUT2D eigenvalue weighted by Crippen LogP contribution is -2.06. The fourth-order valence-electron chi connectivity index (χ4n) is 2.38. The van der Waals surface area contributed by atoms with Gasteiger partial charge in [0.25, 0.3) is 0 Å². The Balaban J connectivity index is 1.81. The van der Waals surface area contributed by atoms with Crippen LogP contribution < -0.4 is 5.73 Å². The molecule has 0 bridgehead atoms. The summed E-state index contributed by atoms with van der Waals surface area (Å²) in [6.07, 6.45) is 3.08. The minimum Gasteiger partial charge on any atom is -0.384 e. The summed E-state index contributed by atoms with van der Waals surface area (Å²) < 4.78 is 2.05. The molecule has 1 aliphatic heterocycles. The highest BCUT2D eigenvalue weighted by Gasteiger charge is 2.23. The number of imidazole rings is 1. The van der Waals surface area contributed by atoms with E-state index in [0.717, 1.165) is 23.8 Å². The fraction of sp³-hybridized carbons (Fsp3) is 0.357. The first-order chi connectivity index (χ1) is 8.84. The van der Waals surface area contributed by atoms with Gasteiger partial charge in [0.15, 0.2) is 0 Å². The third-order valence-electron chi connectivity index (χ3n) is 3.42. The second-order valence-electron chi connectivity index (χ2n) is 4.69. The lowest BCUT2D eigenvalue weighted by molar-refractivity contribution is 0.758. The maximum absolute atomic E-state index is 6.22. The molecule has 1 saturated heterocycles. The van der Waals surface area contributed by atoms with E-state index in [9.17, 15) is 0 Å². The molecule has 2 heterocycles. The number of nitrogens with zero attached hydrogens (tertiary/aromatic N) is 2. The van der Waals surface area contributed by atoms with Crippen molar-refractivity contribution in [2.45, 2.75) is 18.9 Å². The van der Waals surface area contributed by atoms with Crippen molar-refractivity contribution in [3.05, 3.63) is 47.9 Å². The molecule has 94 valence electrons. The van der Waals surface area contributed by atoms with Crippen LogP contribution in [0.5, 0.6) is 0 Å². The summed E-state index contributed by atoms with van der Waals surface area (Å²) in [4.78, 5) is 4.52. The molecule has 0 spiro atoms. The van der Waals surface area contributed by atoms with Crippen molar-refractivity contribution < 1.29 is 0 Å². The van der Waals surface area contributed by atoms with Gasteiger partial charge in [0, 0.05) is 11.7 Å². The Bertz CT molecular complexity index is 515. The zero-order valence-corrected chi connectivity index (χ0v) is 11.1. The van der Waals surface area contributed by atoms with Gasteiger partial charge in [-0.1, -0.05) is 30.3 Å². The number of aromatic nitrogens is 2. The predicted molar refractivity (Wildman–Crippen MR) is 76.9 cm³/mol. The van der Waals surface area contributed by atoms with E-state index in [1.165, 1.54) is 17.7 Å². The Morgan fingerprint density at radius 2 is 2.17 bits per heavy atom. The van der Waals surface area contributed by atoms with Crippen LogP contribution in [0.4, 0.5) is 5.82 Å². The molecule has 0 amide bonds. The predicted octanol–water partition coefficient (Wildman–Crippen LogP) is 2.73. The van der Waals surface area contributed by atoms with Gasteiger partial charge in [0.2, 0.25) is 0 Å². The summed E-state index contributed by atoms with van der Waals surface area (Å²) >= 11 is 1.99. The average molecular weight is 259 g/mol. The first-order valence-electron chi connectivity index (χ1n) is 6.27. The van der Waals surface area contributed by atoms with Gasteiger partial charge in [0.1, 0.15) is 5.82 Å². The van der Waals surface area contributed by atoms with E-state index < -0.39 is 0 Å². The molecule has 2 aromatic rings. The summed E-state index contributed by atoms with van der Waals surface area (Å²) in [6.45, 7) is 0.805. The van der Waals surface area contributed by atoms with Crippen LogP contribution in [-0.2, 0) is 6.54 Å². The van der Waals surface area contributed by atoms with Crippen molar-refractivity contribution in [1.82, 2.24) is 9.55 Å². The average Bonchev–Trinajstić information content (AvgIpc) is 3.02. The monoisotopic (exact) mass is 259 g/mol. The Hall–Kier alpha value is -1.42. The number of benzene rings is 1. The van der Waals surface area contributed by atoms with Gasteiger partial charge in [-0.25, -0.2) is 4.98 Å². The van der Waals surface area contributed by atoms with Gasteiger partial charge in [-0.05, 0) is 17.7 Å². The van der Waals surface area contributed by atoms with Crippen LogP contribution in [0.15, 0.2) is 36.7 Å². The highest BCUT2D eigenvalue weighted by atomic mass is 32.2. The molecule has 2 N–H and O–H groups in total. The van der Waals surface area contributed by atoms with Crippen molar-refractivity contribution >= 4 is 17.6 Å². The van der Waals surface area contributed by atoms with E-state index in [0.29, 0.717) is 5.92 Å². The number of nitrogen functional groups attached to an aromatic ring is 1. The highest BCUT2D eigenvalue weighted by Crippen LogP contribution is 2.34. The standard InChI is InChI=1S/C14H17N3S/c15-14-13(12-6-7-18-9-12)16-10-17(14)8-11-4-2-1-3-5-11/h1-5,10,12H,6-9,15H2. The van der Waals surface area contributed by atoms with Gasteiger partial charge < -0.3 is 10.3 Å². The second kappa shape index (κ2) is 5.06. The first kappa shape index (κ1) is 11.7. The van der Waals surface area contributed by atoms with Crippen molar-refractivity contribution in [3.63, 3.8) is 0 Å². The molecule has 3 rings (SSSR count). The van der Waals surface area contributed by atoms with E-state index in [4.69, 9.17) is 5.73 Å². The van der Waals surface area contributed by atoms with Crippen LogP contribution in [-0.4, -0.2) is 21.1 Å². The SMILES string of the molecule is Nc1c(C2CCSC2)ncn1Cc1ccccc1. The van der Waals surface area contributed by atoms with Crippen LogP contribution in [0.1, 0.15) is 23.6 Å². The number of hydrogen-bond donors (Lipinski definition) is 1. The number of rotatable bonds is 3. The van der Waals surface area contributed by atoms with Crippen molar-refractivity contribution in [1.29, 1.82) is 0 Å². The summed E-state index contributed by atoms with van der Waals surface area (Å²) in [5.74, 6) is 3.78. The minimum atomic E-state index is 0.548. The lowest BCUT2D eigenvalue weighted by atomic mass is 10.1. The number of thioether (sulfide) groups is 1. The Labute approximate surface area is 111 Å². The van der Waals surface area contributed by atoms with Crippen LogP contribution in [0.3, 0.4) is 0 Å². The largest absolute Gasteiger partial charge is 0.384 e. The molecule has 1 aliphatic rings. The molecule has 1 fully saturated rings. The Kier molecular flexibility index (Phi) is 3.28. The first-order valence-corrected chi connectivity index (χ1v) is 7.42. The van der Waals surface area contributed by atoms with E-state index >= 15 is 0 Å². The fourth-order valence-corrected chi connectivity index (χ4v) is 3.61. The Morgan fingerprint density at radius 3 is 2.89 bits per heavy atom. The summed E-state index contributed by atoms with van der Waals surface area (Å²) in [5.41, 5.74) is 8.57. The molecule has 18 heavy (non-hydrogen) atoms. The second-order valence-corrected chi connectivity index (χ2v) is 5.84. The molecule has 1 atom stereocenters. The molecule has 1 aromatic carbocycles. The minimum absolute atomic E-state index is 0.548. The van der Waals surface area contributed by atoms with Crippen LogP contribution in [0.2, 0.25) is 0 Å². The summed E-state index contributed by atoms with van der Waals surface area (Å²) in [5, 5.41) is 0. The molecule has 0 radical (unpaired) electrons. The van der Waals surface area contributed by atoms with Crippen molar-refractivity contribution in [3.8, 4) is 0 Å². The number of anilines is 1. The normalized spacial score (nSPS) is 19.2. The van der Waals surface area contributed by atoms with Gasteiger partial charge in [0.05, 0.1) is 18.6 Å². The lowest BCUT2D eigenvalue weighted by Gasteiger charge is -2.08. The molecule has 0 saturated carbocycles. The van der Waals surface area contributed by atoms with E-state index in [2.05, 4.69) is 29.2 Å². The van der Waals surface area contributed by atoms with Crippen molar-refractivity contribution in [2.24, 2.45) is 0 Å². The Morgan fingerprint density at radius 1 is 1.33 bits per heavy atom. The zero-order chi connectivity index (χ0) is 12.4. The zero-order valence-electron chi connectivity index (χ0n) is 10.2. The quantitative estimate of drug-likeness (QED) is 0.921.